The van der Waals surface area contributed by atoms with Gasteiger partial charge in [0.2, 0.25) is 5.91 Å². The first-order chi connectivity index (χ1) is 21.2. The van der Waals surface area contributed by atoms with Crippen molar-refractivity contribution >= 4 is 28.4 Å². The maximum absolute atomic E-state index is 12.7. The number of piperidine rings is 1. The van der Waals surface area contributed by atoms with Crippen molar-refractivity contribution in [2.24, 2.45) is 0 Å². The number of carbonyl (C=O) groups is 1. The Bertz CT molecular complexity index is 1730. The third-order valence-electron chi connectivity index (χ3n) is 7.78. The molecular weight excluding hydrogens is 556 g/mol. The van der Waals surface area contributed by atoms with E-state index < -0.39 is 0 Å². The van der Waals surface area contributed by atoms with Gasteiger partial charge < -0.3 is 20.3 Å². The van der Waals surface area contributed by atoms with E-state index in [1.807, 2.05) is 75.4 Å². The molecule has 1 amide bonds. The standard InChI is InChI=1S/C33H38N8O3/c1-33(2,3)27-19-24(39-44-27)20-28(42)37-23-9-11-25(12-10-23)41-32-29(31(34)35-21-36-32)30(38-41)22-7-13-26(14-8-22)43-18-17-40-15-5-4-6-16-40/h7-14,19,21H,4-6,15-18,20H2,1-3H3,(H,37,42)(H2,34,35,36). The normalized spacial score (nSPS) is 14.2. The monoisotopic (exact) mass is 594 g/mol. The zero-order valence-corrected chi connectivity index (χ0v) is 25.4. The Labute approximate surface area is 256 Å². The minimum atomic E-state index is -0.183. The summed E-state index contributed by atoms with van der Waals surface area (Å²) in [6.45, 7) is 10.0. The Morgan fingerprint density at radius 3 is 2.48 bits per heavy atom. The fourth-order valence-electron chi connectivity index (χ4n) is 5.35. The molecule has 1 aliphatic heterocycles. The van der Waals surface area contributed by atoms with Gasteiger partial charge in [0.15, 0.2) is 5.65 Å². The third-order valence-corrected chi connectivity index (χ3v) is 7.78. The molecule has 228 valence electrons. The number of aromatic nitrogens is 5. The first-order valence-electron chi connectivity index (χ1n) is 15.1. The van der Waals surface area contributed by atoms with Gasteiger partial charge in [-0.3, -0.25) is 9.69 Å². The number of likely N-dealkylation sites (tertiary alicyclic amines) is 1. The number of benzene rings is 2. The molecule has 1 saturated heterocycles. The quantitative estimate of drug-likeness (QED) is 0.230. The number of carbonyl (C=O) groups excluding carboxylic acids is 1. The highest BCUT2D eigenvalue weighted by Crippen LogP contribution is 2.33. The second kappa shape index (κ2) is 12.5. The van der Waals surface area contributed by atoms with Gasteiger partial charge in [0.1, 0.15) is 36.0 Å². The lowest BCUT2D eigenvalue weighted by Crippen LogP contribution is -2.33. The molecule has 3 aromatic heterocycles. The van der Waals surface area contributed by atoms with Crippen LogP contribution in [0.15, 0.2) is 65.4 Å². The molecule has 11 nitrogen and oxygen atoms in total. The molecule has 2 aromatic carbocycles. The fourth-order valence-corrected chi connectivity index (χ4v) is 5.35. The predicted octanol–water partition coefficient (Wildman–Crippen LogP) is 5.40. The Morgan fingerprint density at radius 2 is 1.77 bits per heavy atom. The van der Waals surface area contributed by atoms with E-state index in [-0.39, 0.29) is 17.7 Å². The molecule has 44 heavy (non-hydrogen) atoms. The minimum Gasteiger partial charge on any atom is -0.492 e. The molecule has 1 aliphatic rings. The van der Waals surface area contributed by atoms with Gasteiger partial charge in [-0.05, 0) is 74.5 Å². The van der Waals surface area contributed by atoms with E-state index in [4.69, 9.17) is 20.1 Å². The summed E-state index contributed by atoms with van der Waals surface area (Å²) in [7, 11) is 0. The highest BCUT2D eigenvalue weighted by atomic mass is 16.5. The van der Waals surface area contributed by atoms with Gasteiger partial charge in [0.25, 0.3) is 0 Å². The second-order valence-corrected chi connectivity index (χ2v) is 12.2. The zero-order valence-electron chi connectivity index (χ0n) is 25.4. The van der Waals surface area contributed by atoms with Crippen LogP contribution in [0.3, 0.4) is 0 Å². The van der Waals surface area contributed by atoms with Gasteiger partial charge in [0.05, 0.1) is 23.2 Å². The smallest absolute Gasteiger partial charge is 0.230 e. The summed E-state index contributed by atoms with van der Waals surface area (Å²) in [5, 5.41) is 12.5. The van der Waals surface area contributed by atoms with E-state index in [1.54, 1.807) is 4.68 Å². The van der Waals surface area contributed by atoms with Crippen LogP contribution >= 0.6 is 0 Å². The van der Waals surface area contributed by atoms with Crippen LogP contribution in [-0.2, 0) is 16.6 Å². The molecule has 6 rings (SSSR count). The van der Waals surface area contributed by atoms with Gasteiger partial charge >= 0.3 is 0 Å². The van der Waals surface area contributed by atoms with Gasteiger partial charge in [-0.2, -0.15) is 5.10 Å². The molecule has 0 aliphatic carbocycles. The largest absolute Gasteiger partial charge is 0.492 e. The fraction of sp³-hybridized carbons (Fsp3) is 0.364. The Kier molecular flexibility index (Phi) is 8.30. The minimum absolute atomic E-state index is 0.118. The van der Waals surface area contributed by atoms with E-state index in [0.29, 0.717) is 40.5 Å². The highest BCUT2D eigenvalue weighted by molar-refractivity contribution is 5.99. The average molecular weight is 595 g/mol. The topological polar surface area (TPSA) is 137 Å². The molecule has 4 heterocycles. The van der Waals surface area contributed by atoms with Crippen molar-refractivity contribution in [3.8, 4) is 22.7 Å². The van der Waals surface area contributed by atoms with Crippen molar-refractivity contribution in [1.29, 1.82) is 0 Å². The number of hydrogen-bond acceptors (Lipinski definition) is 9. The van der Waals surface area contributed by atoms with Crippen LogP contribution in [0.1, 0.15) is 51.5 Å². The second-order valence-electron chi connectivity index (χ2n) is 12.2. The summed E-state index contributed by atoms with van der Waals surface area (Å²) in [5.41, 5.74) is 10.3. The average Bonchev–Trinajstić information content (AvgIpc) is 3.65. The highest BCUT2D eigenvalue weighted by Gasteiger charge is 2.21. The van der Waals surface area contributed by atoms with Gasteiger partial charge in [-0.1, -0.05) is 32.3 Å². The van der Waals surface area contributed by atoms with Crippen LogP contribution in [0, 0.1) is 0 Å². The molecular formula is C33H38N8O3. The first-order valence-corrected chi connectivity index (χ1v) is 15.1. The molecule has 0 atom stereocenters. The predicted molar refractivity (Wildman–Crippen MR) is 170 cm³/mol. The van der Waals surface area contributed by atoms with Crippen molar-refractivity contribution in [3.63, 3.8) is 0 Å². The summed E-state index contributed by atoms with van der Waals surface area (Å²) in [5.74, 6) is 1.73. The van der Waals surface area contributed by atoms with Crippen molar-refractivity contribution < 1.29 is 14.1 Å². The van der Waals surface area contributed by atoms with Gasteiger partial charge in [-0.25, -0.2) is 14.6 Å². The van der Waals surface area contributed by atoms with Crippen molar-refractivity contribution in [3.05, 3.63) is 72.4 Å². The molecule has 0 radical (unpaired) electrons. The summed E-state index contributed by atoms with van der Waals surface area (Å²) < 4.78 is 13.2. The van der Waals surface area contributed by atoms with Crippen LogP contribution < -0.4 is 15.8 Å². The number of nitrogens with one attached hydrogen (secondary N) is 1. The molecule has 0 saturated carbocycles. The van der Waals surface area contributed by atoms with Gasteiger partial charge in [-0.15, -0.1) is 0 Å². The van der Waals surface area contributed by atoms with Crippen LogP contribution in [-0.4, -0.2) is 62.0 Å². The number of nitrogens with zero attached hydrogens (tertiary/aromatic N) is 6. The van der Waals surface area contributed by atoms with E-state index in [0.717, 1.165) is 42.4 Å². The molecule has 0 bridgehead atoms. The first kappa shape index (κ1) is 29.3. The maximum Gasteiger partial charge on any atom is 0.230 e. The summed E-state index contributed by atoms with van der Waals surface area (Å²) in [6, 6.07) is 17.1. The maximum atomic E-state index is 12.7. The number of hydrogen-bond donors (Lipinski definition) is 2. The van der Waals surface area contributed by atoms with E-state index in [1.165, 1.54) is 25.6 Å². The zero-order chi connectivity index (χ0) is 30.7. The van der Waals surface area contributed by atoms with E-state index in [9.17, 15) is 4.79 Å². The van der Waals surface area contributed by atoms with Crippen molar-refractivity contribution in [2.75, 3.05) is 37.3 Å². The lowest BCUT2D eigenvalue weighted by molar-refractivity contribution is -0.115. The number of nitrogens with two attached hydrogens (primary N) is 1. The molecule has 0 unspecified atom stereocenters. The lowest BCUT2D eigenvalue weighted by atomic mass is 9.93. The molecule has 1 fully saturated rings. The van der Waals surface area contributed by atoms with Crippen LogP contribution in [0.5, 0.6) is 5.75 Å². The van der Waals surface area contributed by atoms with Crippen LogP contribution in [0.25, 0.3) is 28.0 Å². The molecule has 0 spiro atoms. The summed E-state index contributed by atoms with van der Waals surface area (Å²) in [6.07, 6.45) is 5.42. The number of rotatable bonds is 9. The molecule has 5 aromatic rings. The number of nitrogen functional groups attached to an aromatic ring is 1. The number of fused-ring (bicyclic) bond motifs is 1. The number of amides is 1. The Morgan fingerprint density at radius 1 is 1.02 bits per heavy atom. The molecule has 3 N–H and O–H groups in total. The van der Waals surface area contributed by atoms with Crippen LogP contribution in [0.2, 0.25) is 0 Å². The summed E-state index contributed by atoms with van der Waals surface area (Å²) in [4.78, 5) is 23.9. The Balaban J connectivity index is 1.16. The SMILES string of the molecule is CC(C)(C)c1cc(CC(=O)Nc2ccc(-n3nc(-c4ccc(OCCN5CCCCC5)cc4)c4c(N)ncnc43)cc2)no1. The number of ether oxygens (including phenoxy) is 1. The Hall–Kier alpha value is -4.77. The number of anilines is 2. The van der Waals surface area contributed by atoms with Crippen molar-refractivity contribution in [2.45, 2.75) is 51.9 Å². The van der Waals surface area contributed by atoms with Crippen LogP contribution in [0.4, 0.5) is 11.5 Å². The lowest BCUT2D eigenvalue weighted by Gasteiger charge is -2.26. The third kappa shape index (κ3) is 6.57. The van der Waals surface area contributed by atoms with E-state index >= 15 is 0 Å². The summed E-state index contributed by atoms with van der Waals surface area (Å²) >= 11 is 0. The van der Waals surface area contributed by atoms with Crippen molar-refractivity contribution in [1.82, 2.24) is 29.8 Å². The van der Waals surface area contributed by atoms with Gasteiger partial charge in [0, 0.05) is 29.3 Å². The van der Waals surface area contributed by atoms with E-state index in [2.05, 4.69) is 25.3 Å². The molecule has 11 heteroatoms.